The summed E-state index contributed by atoms with van der Waals surface area (Å²) in [6, 6.07) is 9.54. The average molecular weight is 420 g/mol. The molecule has 0 saturated carbocycles. The van der Waals surface area contributed by atoms with Gasteiger partial charge in [0.1, 0.15) is 0 Å². The Kier molecular flexibility index (Phi) is 5.44. The molecule has 3 N–H and O–H groups in total. The lowest BCUT2D eigenvalue weighted by Gasteiger charge is -2.12. The van der Waals surface area contributed by atoms with E-state index in [1.54, 1.807) is 0 Å². The van der Waals surface area contributed by atoms with Crippen molar-refractivity contribution in [3.8, 4) is 0 Å². The molecule has 26 heavy (non-hydrogen) atoms. The Balaban J connectivity index is 2.28. The van der Waals surface area contributed by atoms with E-state index in [2.05, 4.69) is 4.72 Å². The summed E-state index contributed by atoms with van der Waals surface area (Å²) >= 11 is 0. The highest BCUT2D eigenvalue weighted by Gasteiger charge is 2.20. The summed E-state index contributed by atoms with van der Waals surface area (Å²) in [6.07, 6.45) is 0. The van der Waals surface area contributed by atoms with Crippen LogP contribution < -0.4 is 9.86 Å². The fourth-order valence-corrected chi connectivity index (χ4v) is 4.40. The van der Waals surface area contributed by atoms with E-state index in [9.17, 15) is 25.3 Å². The van der Waals surface area contributed by atoms with E-state index in [4.69, 9.17) is 5.14 Å². The zero-order chi connectivity index (χ0) is 19.8. The van der Waals surface area contributed by atoms with Crippen LogP contribution in [-0.2, 0) is 30.1 Å². The van der Waals surface area contributed by atoms with Gasteiger partial charge in [0.2, 0.25) is 20.0 Å². The Labute approximate surface area is 152 Å². The van der Waals surface area contributed by atoms with Crippen LogP contribution >= 0.6 is 0 Å². The molecular formula is C14H17N3O6S3. The Morgan fingerprint density at radius 3 is 1.58 bits per heavy atom. The highest BCUT2D eigenvalue weighted by Crippen LogP contribution is 2.20. The molecule has 12 heteroatoms. The molecule has 2 rings (SSSR count). The molecule has 0 bridgehead atoms. The normalized spacial score (nSPS) is 12.9. The number of anilines is 1. The van der Waals surface area contributed by atoms with Gasteiger partial charge >= 0.3 is 0 Å². The molecule has 9 nitrogen and oxygen atoms in total. The molecule has 0 atom stereocenters. The molecule has 0 aromatic heterocycles. The second-order valence-electron chi connectivity index (χ2n) is 5.43. The second-order valence-corrected chi connectivity index (χ2v) is 10.8. The minimum atomic E-state index is -3.98. The molecule has 0 aliphatic rings. The van der Waals surface area contributed by atoms with Crippen molar-refractivity contribution in [2.75, 3.05) is 18.8 Å². The third-order valence-corrected chi connectivity index (χ3v) is 7.50. The number of rotatable bonds is 6. The minimum Gasteiger partial charge on any atom is -0.280 e. The summed E-state index contributed by atoms with van der Waals surface area (Å²) in [5.41, 5.74) is 0.127. The van der Waals surface area contributed by atoms with Gasteiger partial charge in [0.15, 0.2) is 0 Å². The van der Waals surface area contributed by atoms with Crippen LogP contribution in [0.5, 0.6) is 0 Å². The van der Waals surface area contributed by atoms with E-state index >= 15 is 0 Å². The number of nitrogens with two attached hydrogens (primary N) is 1. The largest absolute Gasteiger partial charge is 0.280 e. The van der Waals surface area contributed by atoms with Crippen molar-refractivity contribution in [3.05, 3.63) is 48.5 Å². The maximum absolute atomic E-state index is 12.4. The Bertz CT molecular complexity index is 1110. The number of hydrogen-bond donors (Lipinski definition) is 2. The van der Waals surface area contributed by atoms with Crippen LogP contribution in [-0.4, -0.2) is 43.7 Å². The van der Waals surface area contributed by atoms with Crippen molar-refractivity contribution in [1.82, 2.24) is 4.31 Å². The summed E-state index contributed by atoms with van der Waals surface area (Å²) in [6.45, 7) is 0. The Morgan fingerprint density at radius 2 is 1.15 bits per heavy atom. The van der Waals surface area contributed by atoms with Crippen LogP contribution in [0.15, 0.2) is 63.2 Å². The van der Waals surface area contributed by atoms with Gasteiger partial charge in [-0.1, -0.05) is 0 Å². The maximum atomic E-state index is 12.4. The van der Waals surface area contributed by atoms with Crippen LogP contribution in [0.1, 0.15) is 0 Å². The van der Waals surface area contributed by atoms with Gasteiger partial charge in [-0.2, -0.15) is 0 Å². The van der Waals surface area contributed by atoms with Crippen LogP contribution in [0.2, 0.25) is 0 Å². The summed E-state index contributed by atoms with van der Waals surface area (Å²) < 4.78 is 74.4. The van der Waals surface area contributed by atoms with Crippen LogP contribution in [0.3, 0.4) is 0 Å². The van der Waals surface area contributed by atoms with Gasteiger partial charge in [0.05, 0.1) is 14.7 Å². The van der Waals surface area contributed by atoms with Gasteiger partial charge in [-0.05, 0) is 48.5 Å². The van der Waals surface area contributed by atoms with Gasteiger partial charge in [-0.3, -0.25) is 4.72 Å². The molecule has 0 unspecified atom stereocenters. The molecule has 0 aliphatic carbocycles. The Morgan fingerprint density at radius 1 is 0.731 bits per heavy atom. The van der Waals surface area contributed by atoms with Crippen LogP contribution in [0.4, 0.5) is 5.69 Å². The average Bonchev–Trinajstić information content (AvgIpc) is 2.54. The van der Waals surface area contributed by atoms with Crippen molar-refractivity contribution in [3.63, 3.8) is 0 Å². The molecule has 0 aliphatic heterocycles. The molecule has 0 saturated heterocycles. The molecule has 2 aromatic carbocycles. The van der Waals surface area contributed by atoms with E-state index in [1.165, 1.54) is 50.5 Å². The van der Waals surface area contributed by atoms with Crippen molar-refractivity contribution in [2.24, 2.45) is 5.14 Å². The van der Waals surface area contributed by atoms with Crippen molar-refractivity contribution < 1.29 is 25.3 Å². The van der Waals surface area contributed by atoms with E-state index < -0.39 is 30.1 Å². The van der Waals surface area contributed by atoms with E-state index in [0.29, 0.717) is 0 Å². The SMILES string of the molecule is CN(C)S(=O)(=O)c1ccc(S(=O)(=O)Nc2ccc(S(N)(=O)=O)cc2)cc1. The van der Waals surface area contributed by atoms with Gasteiger partial charge in [-0.15, -0.1) is 0 Å². The highest BCUT2D eigenvalue weighted by atomic mass is 32.2. The van der Waals surface area contributed by atoms with Gasteiger partial charge < -0.3 is 0 Å². The molecule has 0 amide bonds. The first-order chi connectivity index (χ1) is 11.8. The van der Waals surface area contributed by atoms with E-state index in [-0.39, 0.29) is 20.4 Å². The highest BCUT2D eigenvalue weighted by molar-refractivity contribution is 7.92. The first-order valence-electron chi connectivity index (χ1n) is 7.02. The summed E-state index contributed by atoms with van der Waals surface area (Å²) in [7, 11) is -8.79. The zero-order valence-corrected chi connectivity index (χ0v) is 16.3. The van der Waals surface area contributed by atoms with Gasteiger partial charge in [0, 0.05) is 19.8 Å². The predicted octanol–water partition coefficient (Wildman–Crippen LogP) is 0.385. The van der Waals surface area contributed by atoms with E-state index in [0.717, 1.165) is 16.4 Å². The third-order valence-electron chi connectivity index (χ3n) is 3.35. The topological polar surface area (TPSA) is 144 Å². The number of nitrogens with zero attached hydrogens (tertiary/aromatic N) is 1. The maximum Gasteiger partial charge on any atom is 0.261 e. The molecule has 0 spiro atoms. The monoisotopic (exact) mass is 419 g/mol. The van der Waals surface area contributed by atoms with Gasteiger partial charge in [-0.25, -0.2) is 34.7 Å². The quantitative estimate of drug-likeness (QED) is 0.693. The van der Waals surface area contributed by atoms with Crippen molar-refractivity contribution in [2.45, 2.75) is 14.7 Å². The fraction of sp³-hybridized carbons (Fsp3) is 0.143. The van der Waals surface area contributed by atoms with Crippen LogP contribution in [0.25, 0.3) is 0 Å². The van der Waals surface area contributed by atoms with Crippen molar-refractivity contribution in [1.29, 1.82) is 0 Å². The smallest absolute Gasteiger partial charge is 0.261 e. The van der Waals surface area contributed by atoms with Crippen molar-refractivity contribution >= 4 is 35.8 Å². The first-order valence-corrected chi connectivity index (χ1v) is 11.5. The van der Waals surface area contributed by atoms with Crippen LogP contribution in [0, 0.1) is 0 Å². The summed E-state index contributed by atoms with van der Waals surface area (Å²) in [5, 5.41) is 4.98. The minimum absolute atomic E-state index is 0.0426. The fourth-order valence-electron chi connectivity index (χ4n) is 1.93. The number of benzene rings is 2. The third kappa shape index (κ3) is 4.40. The van der Waals surface area contributed by atoms with E-state index in [1.807, 2.05) is 0 Å². The molecule has 0 heterocycles. The summed E-state index contributed by atoms with van der Waals surface area (Å²) in [5.74, 6) is 0. The molecule has 0 fully saturated rings. The Hall–Kier alpha value is -1.99. The molecular weight excluding hydrogens is 402 g/mol. The number of primary sulfonamides is 1. The number of nitrogens with one attached hydrogen (secondary N) is 1. The lowest BCUT2D eigenvalue weighted by Crippen LogP contribution is -2.22. The van der Waals surface area contributed by atoms with Gasteiger partial charge in [0.25, 0.3) is 10.0 Å². The lowest BCUT2D eigenvalue weighted by molar-refractivity contribution is 0.520. The summed E-state index contributed by atoms with van der Waals surface area (Å²) in [4.78, 5) is -0.344. The first kappa shape index (κ1) is 20.3. The standard InChI is InChI=1S/C14H17N3O6S3/c1-17(2)26(22,23)14-9-7-13(8-10-14)25(20,21)16-11-3-5-12(6-4-11)24(15,18)19/h3-10,16H,1-2H3,(H2,15,18,19). The predicted molar refractivity (Wildman–Crippen MR) is 95.9 cm³/mol. The molecule has 0 radical (unpaired) electrons. The number of sulfonamides is 3. The second kappa shape index (κ2) is 6.96. The molecule has 2 aromatic rings. The number of hydrogen-bond acceptors (Lipinski definition) is 6. The lowest BCUT2D eigenvalue weighted by atomic mass is 10.3. The zero-order valence-electron chi connectivity index (χ0n) is 13.8. The molecule has 142 valence electrons.